The van der Waals surface area contributed by atoms with Crippen molar-refractivity contribution in [1.29, 1.82) is 0 Å². The fraction of sp³-hybridized carbons (Fsp3) is 0.280. The summed E-state index contributed by atoms with van der Waals surface area (Å²) in [6.45, 7) is 0. The molecule has 0 aliphatic heterocycles. The van der Waals surface area contributed by atoms with E-state index >= 15 is 0 Å². The maximum atomic E-state index is 2.77. The summed E-state index contributed by atoms with van der Waals surface area (Å²) in [5.41, 5.74) is 0. The van der Waals surface area contributed by atoms with E-state index in [1.807, 2.05) is 0 Å². The molecule has 3 aromatic carbocycles. The summed E-state index contributed by atoms with van der Waals surface area (Å²) in [6, 6.07) is 34.3. The lowest BCUT2D eigenvalue weighted by Crippen LogP contribution is -3.00. The molecule has 0 atom stereocenters. The quantitative estimate of drug-likeness (QED) is 0.383. The van der Waals surface area contributed by atoms with Crippen LogP contribution in [0.1, 0.15) is 32.1 Å². The number of rotatable bonds is 5. The number of hydrogen-bond acceptors (Lipinski definition) is 1. The number of hydrogen-bond donors (Lipinski definition) is 0. The molecule has 4 rings (SSSR count). The zero-order valence-electron chi connectivity index (χ0n) is 16.5. The van der Waals surface area contributed by atoms with Crippen LogP contribution in [0.25, 0.3) is 0 Å². The van der Waals surface area contributed by atoms with Gasteiger partial charge < -0.3 is 24.0 Å². The summed E-state index contributed by atoms with van der Waals surface area (Å²) in [5, 5.41) is 4.36. The van der Waals surface area contributed by atoms with Crippen molar-refractivity contribution in [3.05, 3.63) is 91.0 Å². The highest BCUT2D eigenvalue weighted by Crippen LogP contribution is 2.59. The number of benzene rings is 3. The zero-order chi connectivity index (χ0) is 18.5. The maximum absolute atomic E-state index is 2.77. The lowest BCUT2D eigenvalue weighted by molar-refractivity contribution is -0.00000543. The largest absolute Gasteiger partial charge is 1.00 e. The minimum absolute atomic E-state index is 0. The van der Waals surface area contributed by atoms with E-state index in [9.17, 15) is 0 Å². The van der Waals surface area contributed by atoms with Crippen molar-refractivity contribution in [1.82, 2.24) is 4.67 Å². The third-order valence-corrected chi connectivity index (χ3v) is 10.4. The Balaban J connectivity index is 0.00000225. The smallest absolute Gasteiger partial charge is 0.181 e. The minimum atomic E-state index is -1.88. The average molecular weight is 501 g/mol. The molecule has 0 spiro atoms. The molecule has 1 saturated carbocycles. The Morgan fingerprint density at radius 1 is 0.607 bits per heavy atom. The highest BCUT2D eigenvalue weighted by Gasteiger charge is 2.52. The second kappa shape index (κ2) is 10.0. The Labute approximate surface area is 187 Å². The fourth-order valence-electron chi connectivity index (χ4n) is 4.62. The van der Waals surface area contributed by atoms with Crippen LogP contribution in [0.5, 0.6) is 0 Å². The SMILES string of the molecule is CN(C1CCCCC1)[P+](c1ccccc1)(c1ccccc1)c1ccccc1.[I-]. The molecule has 0 saturated heterocycles. The molecule has 3 aromatic rings. The van der Waals surface area contributed by atoms with Gasteiger partial charge in [0.1, 0.15) is 15.9 Å². The number of halogens is 1. The fourth-order valence-corrected chi connectivity index (χ4v) is 9.14. The normalized spacial score (nSPS) is 15.2. The Bertz CT molecular complexity index is 736. The van der Waals surface area contributed by atoms with Crippen LogP contribution in [0.4, 0.5) is 0 Å². The lowest BCUT2D eigenvalue weighted by Gasteiger charge is -2.40. The summed E-state index contributed by atoms with van der Waals surface area (Å²) in [4.78, 5) is 0. The predicted molar refractivity (Wildman–Crippen MR) is 120 cm³/mol. The van der Waals surface area contributed by atoms with E-state index in [2.05, 4.69) is 103 Å². The van der Waals surface area contributed by atoms with E-state index in [4.69, 9.17) is 0 Å². The van der Waals surface area contributed by atoms with Crippen LogP contribution in [0.15, 0.2) is 91.0 Å². The predicted octanol–water partition coefficient (Wildman–Crippen LogP) is 2.16. The summed E-state index contributed by atoms with van der Waals surface area (Å²) in [6.07, 6.45) is 6.72. The molecule has 0 heterocycles. The van der Waals surface area contributed by atoms with Gasteiger partial charge in [0.15, 0.2) is 7.41 Å². The first-order valence-corrected chi connectivity index (χ1v) is 11.9. The van der Waals surface area contributed by atoms with Gasteiger partial charge in [-0.15, -0.1) is 0 Å². The van der Waals surface area contributed by atoms with Gasteiger partial charge in [0.05, 0.1) is 0 Å². The molecular weight excluding hydrogens is 472 g/mol. The van der Waals surface area contributed by atoms with E-state index in [1.165, 1.54) is 48.0 Å². The van der Waals surface area contributed by atoms with Crippen molar-refractivity contribution in [2.75, 3.05) is 7.05 Å². The van der Waals surface area contributed by atoms with Gasteiger partial charge in [-0.05, 0) is 49.2 Å². The molecule has 0 aromatic heterocycles. The molecule has 146 valence electrons. The first-order valence-electron chi connectivity index (χ1n) is 10.1. The van der Waals surface area contributed by atoms with Crippen molar-refractivity contribution in [2.45, 2.75) is 38.1 Å². The van der Waals surface area contributed by atoms with Gasteiger partial charge in [-0.3, -0.25) is 0 Å². The van der Waals surface area contributed by atoms with Crippen molar-refractivity contribution < 1.29 is 24.0 Å². The standard InChI is InChI=1S/C25H29NP.HI/c1-26(22-14-6-2-7-15-22)27(23-16-8-3-9-17-23,24-18-10-4-11-19-24)25-20-12-5-13-21-25;/h3-5,8-13,16-22H,2,6-7,14-15H2,1H3;1H/q+1;/p-1. The lowest BCUT2D eigenvalue weighted by atomic mass is 9.96. The molecule has 1 fully saturated rings. The van der Waals surface area contributed by atoms with Gasteiger partial charge in [0.2, 0.25) is 0 Å². The van der Waals surface area contributed by atoms with E-state index in [0.29, 0.717) is 6.04 Å². The monoisotopic (exact) mass is 501 g/mol. The van der Waals surface area contributed by atoms with Gasteiger partial charge >= 0.3 is 0 Å². The molecule has 28 heavy (non-hydrogen) atoms. The summed E-state index contributed by atoms with van der Waals surface area (Å²) in [7, 11) is 0.506. The molecule has 0 bridgehead atoms. The molecular formula is C25H29INP. The van der Waals surface area contributed by atoms with Crippen LogP contribution < -0.4 is 39.9 Å². The molecule has 1 aliphatic carbocycles. The first kappa shape index (κ1) is 21.5. The Kier molecular flexibility index (Phi) is 7.68. The third-order valence-electron chi connectivity index (χ3n) is 5.97. The zero-order valence-corrected chi connectivity index (χ0v) is 19.6. The maximum Gasteiger partial charge on any atom is 0.181 e. The average Bonchev–Trinajstić information content (AvgIpc) is 2.77. The Morgan fingerprint density at radius 3 is 1.32 bits per heavy atom. The highest BCUT2D eigenvalue weighted by molar-refractivity contribution is 7.93. The van der Waals surface area contributed by atoms with E-state index in [-0.39, 0.29) is 24.0 Å². The van der Waals surface area contributed by atoms with Crippen LogP contribution in [0, 0.1) is 0 Å². The van der Waals surface area contributed by atoms with Crippen molar-refractivity contribution >= 4 is 23.3 Å². The second-order valence-corrected chi connectivity index (χ2v) is 11.0. The van der Waals surface area contributed by atoms with Crippen LogP contribution in [-0.4, -0.2) is 17.8 Å². The van der Waals surface area contributed by atoms with Crippen LogP contribution in [0.2, 0.25) is 0 Å². The summed E-state index contributed by atoms with van der Waals surface area (Å²) < 4.78 is 2.77. The molecule has 0 amide bonds. The Morgan fingerprint density at radius 2 is 0.964 bits per heavy atom. The van der Waals surface area contributed by atoms with E-state index in [0.717, 1.165) is 0 Å². The number of nitrogens with zero attached hydrogens (tertiary/aromatic N) is 1. The van der Waals surface area contributed by atoms with Crippen LogP contribution in [0.3, 0.4) is 0 Å². The van der Waals surface area contributed by atoms with Crippen molar-refractivity contribution in [3.63, 3.8) is 0 Å². The van der Waals surface area contributed by atoms with Gasteiger partial charge in [0, 0.05) is 13.1 Å². The van der Waals surface area contributed by atoms with Crippen LogP contribution >= 0.6 is 7.41 Å². The highest BCUT2D eigenvalue weighted by atomic mass is 127. The Hall–Kier alpha value is -1.22. The first-order chi connectivity index (χ1) is 13.3. The third kappa shape index (κ3) is 4.06. The minimum Gasteiger partial charge on any atom is -1.00 e. The molecule has 0 radical (unpaired) electrons. The van der Waals surface area contributed by atoms with E-state index < -0.39 is 7.41 Å². The summed E-state index contributed by atoms with van der Waals surface area (Å²) >= 11 is 0. The molecule has 3 heteroatoms. The van der Waals surface area contributed by atoms with Gasteiger partial charge in [-0.1, -0.05) is 73.9 Å². The topological polar surface area (TPSA) is 3.24 Å². The summed E-state index contributed by atoms with van der Waals surface area (Å²) in [5.74, 6) is 0. The van der Waals surface area contributed by atoms with Gasteiger partial charge in [0.25, 0.3) is 0 Å². The van der Waals surface area contributed by atoms with Gasteiger partial charge in [-0.25, -0.2) is 0 Å². The van der Waals surface area contributed by atoms with Crippen molar-refractivity contribution in [3.8, 4) is 0 Å². The second-order valence-electron chi connectivity index (χ2n) is 7.51. The van der Waals surface area contributed by atoms with Crippen LogP contribution in [-0.2, 0) is 0 Å². The molecule has 0 N–H and O–H groups in total. The molecule has 1 nitrogen and oxygen atoms in total. The van der Waals surface area contributed by atoms with Crippen molar-refractivity contribution in [2.24, 2.45) is 0 Å². The van der Waals surface area contributed by atoms with E-state index in [1.54, 1.807) is 0 Å². The molecule has 0 unspecified atom stereocenters. The molecule has 1 aliphatic rings. The van der Waals surface area contributed by atoms with Gasteiger partial charge in [-0.2, -0.15) is 4.67 Å².